The Bertz CT molecular complexity index is 526. The first-order valence-corrected chi connectivity index (χ1v) is 19.7. The number of esters is 1. The maximum Gasteiger partial charge on any atom is 0.335 e. The molecule has 42 heavy (non-hydrogen) atoms. The fourth-order valence-electron chi connectivity index (χ4n) is 6.14. The molecule has 0 bridgehead atoms. The smallest absolute Gasteiger partial charge is 0.335 e. The zero-order chi connectivity index (χ0) is 30.8. The number of hydrogen-bond acceptors (Lipinski definition) is 3. The lowest BCUT2D eigenvalue weighted by Crippen LogP contribution is -2.26. The first kappa shape index (κ1) is 41.9. The van der Waals surface area contributed by atoms with Gasteiger partial charge in [-0.2, -0.15) is 0 Å². The van der Waals surface area contributed by atoms with Crippen molar-refractivity contribution in [3.8, 4) is 0 Å². The van der Waals surface area contributed by atoms with Crippen LogP contribution < -0.4 is 0 Å². The van der Waals surface area contributed by atoms with Crippen LogP contribution in [-0.4, -0.2) is 18.7 Å². The van der Waals surface area contributed by atoms with Crippen LogP contribution in [0.4, 0.5) is 0 Å². The van der Waals surface area contributed by atoms with Gasteiger partial charge in [0.1, 0.15) is 0 Å². The van der Waals surface area contributed by atoms with Crippen LogP contribution in [0.15, 0.2) is 0 Å². The number of rotatable bonds is 35. The van der Waals surface area contributed by atoms with Gasteiger partial charge in [-0.1, -0.05) is 201 Å². The van der Waals surface area contributed by atoms with Gasteiger partial charge in [0.25, 0.3) is 0 Å². The maximum absolute atomic E-state index is 12.6. The summed E-state index contributed by atoms with van der Waals surface area (Å²) in [6.07, 6.45) is 41.0. The van der Waals surface area contributed by atoms with Gasteiger partial charge in [-0.05, 0) is 25.2 Å². The first-order valence-electron chi connectivity index (χ1n) is 19.2. The van der Waals surface area contributed by atoms with E-state index in [9.17, 15) is 4.79 Å². The van der Waals surface area contributed by atoms with Crippen LogP contribution in [0.3, 0.4) is 0 Å². The first-order chi connectivity index (χ1) is 20.7. The van der Waals surface area contributed by atoms with Crippen LogP contribution in [0, 0.1) is 5.92 Å². The molecule has 0 N–H and O–H groups in total. The number of carbonyl (C=O) groups excluding carboxylic acids is 1. The normalized spacial score (nSPS) is 13.0. The second kappa shape index (κ2) is 35.3. The Kier molecular flexibility index (Phi) is 35.2. The second-order valence-corrected chi connectivity index (χ2v) is 13.6. The van der Waals surface area contributed by atoms with E-state index < -0.39 is 6.10 Å². The molecule has 0 aliphatic heterocycles. The molecule has 0 amide bonds. The van der Waals surface area contributed by atoms with Gasteiger partial charge in [-0.15, -0.1) is 0 Å². The third-order valence-corrected chi connectivity index (χ3v) is 9.47. The Morgan fingerprint density at radius 3 is 1.07 bits per heavy atom. The predicted molar refractivity (Wildman–Crippen MR) is 189 cm³/mol. The van der Waals surface area contributed by atoms with Gasteiger partial charge in [0, 0.05) is 9.47 Å². The molecular formula is C38H77O3P. The van der Waals surface area contributed by atoms with Crippen LogP contribution in [0.25, 0.3) is 0 Å². The summed E-state index contributed by atoms with van der Waals surface area (Å²) in [5, 5.41) is 0. The predicted octanol–water partition coefficient (Wildman–Crippen LogP) is 13.5. The molecule has 0 saturated heterocycles. The fraction of sp³-hybridized carbons (Fsp3) is 0.974. The number of unbranched alkanes of at least 4 members (excludes halogenated alkanes) is 25. The molecule has 3 unspecified atom stereocenters. The molecule has 3 nitrogen and oxygen atoms in total. The lowest BCUT2D eigenvalue weighted by atomic mass is 9.94. The summed E-state index contributed by atoms with van der Waals surface area (Å²) in [6.45, 7) is 7.31. The van der Waals surface area contributed by atoms with E-state index in [1.54, 1.807) is 0 Å². The Hall–Kier alpha value is -0.140. The standard InChI is InChI=1S/C38H77O3P/c1-4-7-10-12-14-16-18-20-21-23-25-27-29-31-33-36(35-40-38(39)37(41-42)34-9-6-3)32-30-28-26-24-22-19-17-15-13-11-8-5-2/h36-37H,4-35,42H2,1-3H3. The molecule has 4 heteroatoms. The molecule has 0 aromatic heterocycles. The molecule has 0 saturated carbocycles. The molecule has 0 aliphatic rings. The van der Waals surface area contributed by atoms with E-state index >= 15 is 0 Å². The van der Waals surface area contributed by atoms with Gasteiger partial charge < -0.3 is 9.26 Å². The number of carbonyl (C=O) groups is 1. The maximum atomic E-state index is 12.6. The van der Waals surface area contributed by atoms with Crippen molar-refractivity contribution in [2.24, 2.45) is 5.92 Å². The summed E-state index contributed by atoms with van der Waals surface area (Å²) in [5.41, 5.74) is 0. The van der Waals surface area contributed by atoms with E-state index in [1.165, 1.54) is 180 Å². The van der Waals surface area contributed by atoms with Crippen molar-refractivity contribution in [2.75, 3.05) is 6.61 Å². The lowest BCUT2D eigenvalue weighted by Gasteiger charge is -2.19. The van der Waals surface area contributed by atoms with Crippen molar-refractivity contribution in [3.05, 3.63) is 0 Å². The summed E-state index contributed by atoms with van der Waals surface area (Å²) in [7, 11) is 2.27. The quantitative estimate of drug-likeness (QED) is 0.0406. The largest absolute Gasteiger partial charge is 0.463 e. The SMILES string of the molecule is CCCCCCCCCCCCCCCCC(CCCCCCCCCCCCCC)COC(=O)C(CCCC)OP. The third-order valence-electron chi connectivity index (χ3n) is 9.14. The van der Waals surface area contributed by atoms with Crippen molar-refractivity contribution in [1.29, 1.82) is 0 Å². The Balaban J connectivity index is 4.08. The van der Waals surface area contributed by atoms with E-state index in [2.05, 4.69) is 30.2 Å². The van der Waals surface area contributed by atoms with Gasteiger partial charge >= 0.3 is 5.97 Å². The van der Waals surface area contributed by atoms with Crippen LogP contribution in [0.5, 0.6) is 0 Å². The molecule has 0 aliphatic carbocycles. The summed E-state index contributed by atoms with van der Waals surface area (Å²) in [5.74, 6) is 0.338. The van der Waals surface area contributed by atoms with Gasteiger partial charge in [-0.25, -0.2) is 4.79 Å². The topological polar surface area (TPSA) is 35.5 Å². The Labute approximate surface area is 267 Å². The van der Waals surface area contributed by atoms with Gasteiger partial charge in [0.15, 0.2) is 6.10 Å². The second-order valence-electron chi connectivity index (χ2n) is 13.3. The molecule has 0 heterocycles. The molecule has 0 radical (unpaired) electrons. The highest BCUT2D eigenvalue weighted by molar-refractivity contribution is 7.09. The van der Waals surface area contributed by atoms with E-state index in [0.29, 0.717) is 12.5 Å². The van der Waals surface area contributed by atoms with Crippen molar-refractivity contribution in [2.45, 2.75) is 226 Å². The van der Waals surface area contributed by atoms with Crippen molar-refractivity contribution < 1.29 is 14.1 Å². The van der Waals surface area contributed by atoms with Crippen molar-refractivity contribution >= 4 is 15.4 Å². The molecule has 0 aromatic carbocycles. The molecular weight excluding hydrogens is 535 g/mol. The third kappa shape index (κ3) is 29.9. The minimum atomic E-state index is -0.427. The molecule has 0 aromatic rings. The Morgan fingerprint density at radius 1 is 0.452 bits per heavy atom. The summed E-state index contributed by atoms with van der Waals surface area (Å²) in [6, 6.07) is 0. The number of hydrogen-bond donors (Lipinski definition) is 0. The molecule has 0 rings (SSSR count). The van der Waals surface area contributed by atoms with E-state index in [0.717, 1.165) is 19.3 Å². The summed E-state index contributed by atoms with van der Waals surface area (Å²) < 4.78 is 11.2. The zero-order valence-corrected chi connectivity index (χ0v) is 30.2. The highest BCUT2D eigenvalue weighted by Crippen LogP contribution is 2.22. The van der Waals surface area contributed by atoms with E-state index in [1.807, 2.05) is 0 Å². The molecule has 0 fully saturated rings. The van der Waals surface area contributed by atoms with E-state index in [-0.39, 0.29) is 5.97 Å². The van der Waals surface area contributed by atoms with Crippen molar-refractivity contribution in [1.82, 2.24) is 0 Å². The van der Waals surface area contributed by atoms with Crippen molar-refractivity contribution in [3.63, 3.8) is 0 Å². The van der Waals surface area contributed by atoms with E-state index in [4.69, 9.17) is 9.26 Å². The lowest BCUT2D eigenvalue weighted by molar-refractivity contribution is -0.153. The Morgan fingerprint density at radius 2 is 0.762 bits per heavy atom. The molecule has 3 atom stereocenters. The minimum Gasteiger partial charge on any atom is -0.463 e. The van der Waals surface area contributed by atoms with Crippen LogP contribution in [0.1, 0.15) is 220 Å². The molecule has 0 spiro atoms. The minimum absolute atomic E-state index is 0.167. The average molecular weight is 613 g/mol. The average Bonchev–Trinajstić information content (AvgIpc) is 3.00. The van der Waals surface area contributed by atoms with Crippen LogP contribution in [-0.2, 0) is 14.1 Å². The summed E-state index contributed by atoms with van der Waals surface area (Å²) in [4.78, 5) is 12.6. The highest BCUT2D eigenvalue weighted by Gasteiger charge is 2.20. The highest BCUT2D eigenvalue weighted by atomic mass is 31.0. The van der Waals surface area contributed by atoms with Crippen LogP contribution >= 0.6 is 9.47 Å². The monoisotopic (exact) mass is 613 g/mol. The van der Waals surface area contributed by atoms with Gasteiger partial charge in [-0.3, -0.25) is 0 Å². The molecule has 252 valence electrons. The van der Waals surface area contributed by atoms with Crippen LogP contribution in [0.2, 0.25) is 0 Å². The number of ether oxygens (including phenoxy) is 1. The van der Waals surface area contributed by atoms with Gasteiger partial charge in [0.05, 0.1) is 6.61 Å². The van der Waals surface area contributed by atoms with Gasteiger partial charge in [0.2, 0.25) is 0 Å². The fourth-order valence-corrected chi connectivity index (χ4v) is 6.38. The zero-order valence-electron chi connectivity index (χ0n) is 29.1. The summed E-state index contributed by atoms with van der Waals surface area (Å²) >= 11 is 0.